The highest BCUT2D eigenvalue weighted by atomic mass is 19.4. The van der Waals surface area contributed by atoms with E-state index >= 15 is 0 Å². The van der Waals surface area contributed by atoms with E-state index in [0.29, 0.717) is 0 Å². The van der Waals surface area contributed by atoms with Gasteiger partial charge in [-0.05, 0) is 5.92 Å². The minimum atomic E-state index is -6.70. The molecular weight excluding hydrogens is 560 g/mol. The van der Waals surface area contributed by atoms with Crippen molar-refractivity contribution in [3.8, 4) is 0 Å². The second-order valence-electron chi connectivity index (χ2n) is 7.24. The lowest BCUT2D eigenvalue weighted by molar-refractivity contribution is -0.344. The van der Waals surface area contributed by atoms with Crippen molar-refractivity contribution in [3.63, 3.8) is 0 Å². The Bertz CT molecular complexity index is 705. The van der Waals surface area contributed by atoms with Gasteiger partial charge in [0.25, 0.3) is 0 Å². The van der Waals surface area contributed by atoms with Crippen molar-refractivity contribution in [1.82, 2.24) is 0 Å². The fourth-order valence-corrected chi connectivity index (χ4v) is 2.04. The van der Waals surface area contributed by atoms with Gasteiger partial charge >= 0.3 is 60.3 Å². The van der Waals surface area contributed by atoms with Gasteiger partial charge in [-0.15, -0.1) is 0 Å². The van der Waals surface area contributed by atoms with E-state index < -0.39 is 92.3 Å². The lowest BCUT2D eigenvalue weighted by atomic mass is 10.0. The Morgan fingerprint density at radius 2 is 0.833 bits per heavy atom. The Morgan fingerprint density at radius 1 is 0.583 bits per heavy atom. The summed E-state index contributed by atoms with van der Waals surface area (Å²) >= 11 is 0. The molecule has 0 amide bonds. The Morgan fingerprint density at radius 3 is 1.06 bits per heavy atom. The summed E-state index contributed by atoms with van der Waals surface area (Å²) in [6.45, 7) is -4.90. The maximum atomic E-state index is 13.3. The van der Waals surface area contributed by atoms with Crippen LogP contribution in [0.15, 0.2) is 0 Å². The van der Waals surface area contributed by atoms with Crippen LogP contribution in [-0.2, 0) is 19.1 Å². The van der Waals surface area contributed by atoms with Gasteiger partial charge in [0.15, 0.2) is 13.2 Å². The summed E-state index contributed by atoms with van der Waals surface area (Å²) in [6, 6.07) is 0. The summed E-state index contributed by atoms with van der Waals surface area (Å²) in [7, 11) is 0. The quantitative estimate of drug-likeness (QED) is 0.194. The predicted octanol–water partition coefficient (Wildman–Crippen LogP) is 5.83. The SMILES string of the molecule is CC(CC(=O)OCC(F)(F)C(F)(F)C(F)(F)C(F)F)CC(=O)OCC(F)(F)C(F)(F)C(F)(F)C(F)F. The lowest BCUT2D eigenvalue weighted by Gasteiger charge is -2.32. The van der Waals surface area contributed by atoms with E-state index in [4.69, 9.17) is 0 Å². The van der Waals surface area contributed by atoms with Crippen LogP contribution in [0.1, 0.15) is 19.8 Å². The molecule has 0 rings (SSSR count). The Hall–Kier alpha value is -2.18. The minimum Gasteiger partial charge on any atom is -0.459 e. The van der Waals surface area contributed by atoms with E-state index in [9.17, 15) is 79.8 Å². The van der Waals surface area contributed by atoms with E-state index in [1.807, 2.05) is 0 Å². The third-order valence-corrected chi connectivity index (χ3v) is 4.16. The van der Waals surface area contributed by atoms with Gasteiger partial charge in [0.2, 0.25) is 0 Å². The van der Waals surface area contributed by atoms with Crippen molar-refractivity contribution in [2.24, 2.45) is 5.92 Å². The Labute approximate surface area is 189 Å². The van der Waals surface area contributed by atoms with Crippen molar-refractivity contribution in [1.29, 1.82) is 0 Å². The number of carbonyl (C=O) groups is 2. The lowest BCUT2D eigenvalue weighted by Crippen LogP contribution is -2.59. The Balaban J connectivity index is 4.95. The third-order valence-electron chi connectivity index (χ3n) is 4.16. The molecule has 4 nitrogen and oxygen atoms in total. The highest BCUT2D eigenvalue weighted by molar-refractivity contribution is 5.73. The van der Waals surface area contributed by atoms with E-state index in [-0.39, 0.29) is 0 Å². The fraction of sp³-hybridized carbons (Fsp3) is 0.875. The van der Waals surface area contributed by atoms with Crippen LogP contribution in [0.3, 0.4) is 0 Å². The summed E-state index contributed by atoms with van der Waals surface area (Å²) in [5.41, 5.74) is 0. The summed E-state index contributed by atoms with van der Waals surface area (Å²) < 4.78 is 211. The average Bonchev–Trinajstić information content (AvgIpc) is 2.69. The van der Waals surface area contributed by atoms with Gasteiger partial charge in [0.05, 0.1) is 0 Å². The molecule has 20 heteroatoms. The summed E-state index contributed by atoms with van der Waals surface area (Å²) in [5.74, 6) is -44.0. The van der Waals surface area contributed by atoms with Gasteiger partial charge in [0, 0.05) is 12.8 Å². The molecular formula is C16H14F16O4. The molecule has 0 aromatic heterocycles. The van der Waals surface area contributed by atoms with Crippen molar-refractivity contribution in [3.05, 3.63) is 0 Å². The van der Waals surface area contributed by atoms with E-state index in [2.05, 4.69) is 9.47 Å². The zero-order chi connectivity index (χ0) is 29.1. The molecule has 0 aliphatic carbocycles. The van der Waals surface area contributed by atoms with Crippen LogP contribution in [0.25, 0.3) is 0 Å². The van der Waals surface area contributed by atoms with Crippen LogP contribution >= 0.6 is 0 Å². The number of esters is 2. The first kappa shape index (κ1) is 33.8. The first-order chi connectivity index (χ1) is 15.8. The zero-order valence-corrected chi connectivity index (χ0v) is 17.2. The topological polar surface area (TPSA) is 52.6 Å². The normalized spacial score (nSPS) is 14.6. The molecule has 0 radical (unpaired) electrons. The fourth-order valence-electron chi connectivity index (χ4n) is 2.04. The number of alkyl halides is 16. The molecule has 0 spiro atoms. The maximum absolute atomic E-state index is 13.3. The molecule has 36 heavy (non-hydrogen) atoms. The molecule has 0 fully saturated rings. The standard InChI is InChI=1S/C16H14F16O4/c1-6(2-7(33)35-4-11(21,22)15(29,30)13(25,26)9(17)18)3-8(34)36-5-12(23,24)16(31,32)14(27,28)10(19)20/h6,9-10H,2-5H2,1H3. The van der Waals surface area contributed by atoms with Crippen LogP contribution in [-0.4, -0.2) is 73.5 Å². The van der Waals surface area contributed by atoms with Crippen LogP contribution in [0.5, 0.6) is 0 Å². The van der Waals surface area contributed by atoms with Crippen molar-refractivity contribution >= 4 is 11.9 Å². The van der Waals surface area contributed by atoms with Gasteiger partial charge < -0.3 is 9.47 Å². The van der Waals surface area contributed by atoms with E-state index in [1.54, 1.807) is 0 Å². The molecule has 214 valence electrons. The van der Waals surface area contributed by atoms with Crippen LogP contribution < -0.4 is 0 Å². The number of ether oxygens (including phenoxy) is 2. The first-order valence-electron chi connectivity index (χ1n) is 8.92. The summed E-state index contributed by atoms with van der Waals surface area (Å²) in [5, 5.41) is 0. The number of halogens is 16. The van der Waals surface area contributed by atoms with Crippen molar-refractivity contribution in [2.45, 2.75) is 68.2 Å². The second-order valence-corrected chi connectivity index (χ2v) is 7.24. The number of carbonyl (C=O) groups excluding carboxylic acids is 2. The highest BCUT2D eigenvalue weighted by Gasteiger charge is 2.76. The molecule has 0 atom stereocenters. The van der Waals surface area contributed by atoms with Crippen LogP contribution in [0.4, 0.5) is 70.2 Å². The molecule has 0 saturated heterocycles. The molecule has 0 unspecified atom stereocenters. The monoisotopic (exact) mass is 574 g/mol. The van der Waals surface area contributed by atoms with Crippen molar-refractivity contribution < 1.29 is 89.3 Å². The third kappa shape index (κ3) is 6.98. The molecule has 0 N–H and O–H groups in total. The minimum absolute atomic E-state index is 0.803. The molecule has 0 aromatic rings. The van der Waals surface area contributed by atoms with Gasteiger partial charge in [-0.1, -0.05) is 6.92 Å². The van der Waals surface area contributed by atoms with Gasteiger partial charge in [-0.2, -0.15) is 52.7 Å². The van der Waals surface area contributed by atoms with Crippen molar-refractivity contribution in [2.75, 3.05) is 13.2 Å². The van der Waals surface area contributed by atoms with Crippen LogP contribution in [0.2, 0.25) is 0 Å². The zero-order valence-electron chi connectivity index (χ0n) is 17.2. The van der Waals surface area contributed by atoms with E-state index in [1.165, 1.54) is 0 Å². The number of hydrogen-bond acceptors (Lipinski definition) is 4. The van der Waals surface area contributed by atoms with Gasteiger partial charge in [0.1, 0.15) is 0 Å². The second kappa shape index (κ2) is 11.1. The molecule has 0 saturated carbocycles. The first-order valence-corrected chi connectivity index (χ1v) is 8.92. The molecule has 0 aliphatic rings. The van der Waals surface area contributed by atoms with Gasteiger partial charge in [-0.3, -0.25) is 9.59 Å². The number of rotatable bonds is 14. The highest BCUT2D eigenvalue weighted by Crippen LogP contribution is 2.49. The smallest absolute Gasteiger partial charge is 0.381 e. The van der Waals surface area contributed by atoms with Gasteiger partial charge in [-0.25, -0.2) is 17.6 Å². The molecule has 0 aliphatic heterocycles. The number of hydrogen-bond donors (Lipinski definition) is 0. The molecule has 0 bridgehead atoms. The van der Waals surface area contributed by atoms with E-state index in [0.717, 1.165) is 6.92 Å². The Kier molecular flexibility index (Phi) is 10.4. The molecule has 0 heterocycles. The summed E-state index contributed by atoms with van der Waals surface area (Å²) in [6.07, 6.45) is -13.0. The predicted molar refractivity (Wildman–Crippen MR) is 82.0 cm³/mol. The van der Waals surface area contributed by atoms with Crippen LogP contribution in [0, 0.1) is 5.92 Å². The summed E-state index contributed by atoms with van der Waals surface area (Å²) in [4.78, 5) is 22.7. The maximum Gasteiger partial charge on any atom is 0.381 e. The average molecular weight is 574 g/mol. The largest absolute Gasteiger partial charge is 0.459 e. The molecule has 0 aromatic carbocycles.